The van der Waals surface area contributed by atoms with Gasteiger partial charge in [0.15, 0.2) is 5.16 Å². The second kappa shape index (κ2) is 9.36. The normalized spacial score (nSPS) is 20.6. The molecule has 1 aliphatic heterocycles. The molecule has 2 heterocycles. The number of aromatic nitrogens is 3. The van der Waals surface area contributed by atoms with Crippen LogP contribution in [0.2, 0.25) is 0 Å². The lowest BCUT2D eigenvalue weighted by Crippen LogP contribution is -2.37. The van der Waals surface area contributed by atoms with Gasteiger partial charge in [0.1, 0.15) is 12.4 Å². The van der Waals surface area contributed by atoms with E-state index >= 15 is 0 Å². The quantitative estimate of drug-likeness (QED) is 0.504. The van der Waals surface area contributed by atoms with Crippen LogP contribution < -0.4 is 5.32 Å². The summed E-state index contributed by atoms with van der Waals surface area (Å²) in [5.74, 6) is -0.820. The lowest BCUT2D eigenvalue weighted by Gasteiger charge is -2.18. The van der Waals surface area contributed by atoms with E-state index in [4.69, 9.17) is 0 Å². The largest absolute Gasteiger partial charge is 0.406 e. The minimum absolute atomic E-state index is 0.172. The molecule has 1 saturated heterocycles. The molecule has 11 heteroatoms. The molecule has 0 radical (unpaired) electrons. The summed E-state index contributed by atoms with van der Waals surface area (Å²) in [7, 11) is 0. The van der Waals surface area contributed by atoms with Gasteiger partial charge in [-0.2, -0.15) is 13.2 Å². The van der Waals surface area contributed by atoms with Crippen LogP contribution in [0, 0.1) is 5.92 Å². The lowest BCUT2D eigenvalue weighted by molar-refractivity contribution is -0.157. The molecule has 2 fully saturated rings. The average molecular weight is 434 g/mol. The number of nitrogens with zero attached hydrogens (tertiary/aromatic N) is 4. The molecule has 1 aromatic heterocycles. The number of carbonyl (C=O) groups excluding carboxylic acids is 2. The van der Waals surface area contributed by atoms with E-state index in [9.17, 15) is 22.8 Å². The molecule has 1 saturated carbocycles. The van der Waals surface area contributed by atoms with Gasteiger partial charge in [-0.05, 0) is 25.5 Å². The van der Waals surface area contributed by atoms with Crippen molar-refractivity contribution in [2.45, 2.75) is 62.3 Å². The highest BCUT2D eigenvalue weighted by molar-refractivity contribution is 7.98. The van der Waals surface area contributed by atoms with Crippen LogP contribution in [0.25, 0.3) is 0 Å². The van der Waals surface area contributed by atoms with Crippen LogP contribution in [0.5, 0.6) is 0 Å². The molecular formula is C18H26F3N5O2S. The first-order valence-electron chi connectivity index (χ1n) is 9.88. The minimum atomic E-state index is -4.45. The first-order valence-corrected chi connectivity index (χ1v) is 11.1. The maximum Gasteiger partial charge on any atom is 0.406 e. The predicted octanol–water partition coefficient (Wildman–Crippen LogP) is 2.57. The van der Waals surface area contributed by atoms with Crippen molar-refractivity contribution in [3.05, 3.63) is 5.82 Å². The smallest absolute Gasteiger partial charge is 0.356 e. The Hall–Kier alpha value is -1.78. The molecule has 3 rings (SSSR count). The topological polar surface area (TPSA) is 80.1 Å². The number of halogens is 3. The van der Waals surface area contributed by atoms with Crippen LogP contribution in [-0.2, 0) is 16.0 Å². The Morgan fingerprint density at radius 3 is 2.66 bits per heavy atom. The lowest BCUT2D eigenvalue weighted by atomic mass is 10.1. The standard InChI is InChI=1S/C18H26F3N5O2S/c1-29-17-24-23-14(26(17)13-5-2-3-6-13)7-4-8-22-16(28)12-9-15(27)25(10-12)11-18(19,20)21/h12-13H,2-11H2,1H3,(H,22,28). The average Bonchev–Trinajstić information content (AvgIpc) is 3.37. The molecule has 0 spiro atoms. The number of likely N-dealkylation sites (tertiary alicyclic amines) is 1. The molecule has 0 aromatic carbocycles. The second-order valence-corrected chi connectivity index (χ2v) is 8.37. The van der Waals surface area contributed by atoms with Gasteiger partial charge in [0.2, 0.25) is 11.8 Å². The Balaban J connectivity index is 1.46. The fraction of sp³-hybridized carbons (Fsp3) is 0.778. The van der Waals surface area contributed by atoms with Crippen molar-refractivity contribution < 1.29 is 22.8 Å². The Kier molecular flexibility index (Phi) is 7.07. The summed E-state index contributed by atoms with van der Waals surface area (Å²) in [6.45, 7) is -1.10. The van der Waals surface area contributed by atoms with Crippen LogP contribution in [0.1, 0.15) is 50.4 Å². The number of carbonyl (C=O) groups is 2. The summed E-state index contributed by atoms with van der Waals surface area (Å²) in [6.07, 6.45) is 3.33. The summed E-state index contributed by atoms with van der Waals surface area (Å²) in [5.41, 5.74) is 0. The number of hydrogen-bond donors (Lipinski definition) is 1. The van der Waals surface area contributed by atoms with Crippen molar-refractivity contribution >= 4 is 23.6 Å². The molecule has 0 bridgehead atoms. The molecule has 2 aliphatic rings. The highest BCUT2D eigenvalue weighted by atomic mass is 32.2. The summed E-state index contributed by atoms with van der Waals surface area (Å²) in [4.78, 5) is 24.6. The molecule has 1 aliphatic carbocycles. The maximum absolute atomic E-state index is 12.5. The van der Waals surface area contributed by atoms with Crippen molar-refractivity contribution in [3.8, 4) is 0 Å². The van der Waals surface area contributed by atoms with Gasteiger partial charge in [-0.25, -0.2) is 0 Å². The highest BCUT2D eigenvalue weighted by Gasteiger charge is 2.40. The Morgan fingerprint density at radius 2 is 2.00 bits per heavy atom. The van der Waals surface area contributed by atoms with Gasteiger partial charge in [-0.1, -0.05) is 24.6 Å². The van der Waals surface area contributed by atoms with E-state index < -0.39 is 24.5 Å². The van der Waals surface area contributed by atoms with Gasteiger partial charge in [0.25, 0.3) is 0 Å². The van der Waals surface area contributed by atoms with Crippen molar-refractivity contribution in [3.63, 3.8) is 0 Å². The molecule has 1 atom stereocenters. The number of alkyl halides is 3. The van der Waals surface area contributed by atoms with Crippen molar-refractivity contribution in [2.75, 3.05) is 25.9 Å². The maximum atomic E-state index is 12.5. The molecule has 162 valence electrons. The van der Waals surface area contributed by atoms with E-state index in [1.165, 1.54) is 12.8 Å². The molecular weight excluding hydrogens is 407 g/mol. The summed E-state index contributed by atoms with van der Waals surface area (Å²) < 4.78 is 39.7. The number of amides is 2. The van der Waals surface area contributed by atoms with Gasteiger partial charge in [0, 0.05) is 32.0 Å². The van der Waals surface area contributed by atoms with E-state index in [1.54, 1.807) is 11.8 Å². The van der Waals surface area contributed by atoms with Gasteiger partial charge in [-0.15, -0.1) is 10.2 Å². The van der Waals surface area contributed by atoms with Gasteiger partial charge < -0.3 is 14.8 Å². The Morgan fingerprint density at radius 1 is 1.28 bits per heavy atom. The zero-order valence-electron chi connectivity index (χ0n) is 16.4. The Bertz CT molecular complexity index is 734. The fourth-order valence-electron chi connectivity index (χ4n) is 4.07. The number of nitrogens with one attached hydrogen (secondary N) is 1. The van der Waals surface area contributed by atoms with Crippen molar-refractivity contribution in [1.29, 1.82) is 0 Å². The van der Waals surface area contributed by atoms with E-state index in [0.717, 1.165) is 23.8 Å². The van der Waals surface area contributed by atoms with Crippen molar-refractivity contribution in [2.24, 2.45) is 5.92 Å². The van der Waals surface area contributed by atoms with E-state index in [0.29, 0.717) is 30.3 Å². The van der Waals surface area contributed by atoms with E-state index in [2.05, 4.69) is 20.1 Å². The summed E-state index contributed by atoms with van der Waals surface area (Å²) in [5, 5.41) is 12.2. The molecule has 1 N–H and O–H groups in total. The number of hydrogen-bond acceptors (Lipinski definition) is 5. The van der Waals surface area contributed by atoms with E-state index in [1.807, 2.05) is 6.26 Å². The fourth-order valence-corrected chi connectivity index (χ4v) is 4.64. The van der Waals surface area contributed by atoms with Crippen LogP contribution >= 0.6 is 11.8 Å². The monoisotopic (exact) mass is 433 g/mol. The first kappa shape index (κ1) is 21.9. The zero-order valence-corrected chi connectivity index (χ0v) is 17.2. The highest BCUT2D eigenvalue weighted by Crippen LogP contribution is 2.33. The molecule has 2 amide bonds. The molecule has 1 unspecified atom stereocenters. The molecule has 7 nitrogen and oxygen atoms in total. The summed E-state index contributed by atoms with van der Waals surface area (Å²) >= 11 is 1.57. The van der Waals surface area contributed by atoms with Crippen LogP contribution in [0.3, 0.4) is 0 Å². The van der Waals surface area contributed by atoms with Crippen molar-refractivity contribution in [1.82, 2.24) is 25.0 Å². The third kappa shape index (κ3) is 5.64. The van der Waals surface area contributed by atoms with Crippen LogP contribution in [0.4, 0.5) is 13.2 Å². The second-order valence-electron chi connectivity index (χ2n) is 7.60. The number of thioether (sulfide) groups is 1. The zero-order chi connectivity index (χ0) is 21.0. The van der Waals surface area contributed by atoms with Gasteiger partial charge in [-0.3, -0.25) is 9.59 Å². The third-order valence-corrected chi connectivity index (χ3v) is 6.08. The van der Waals surface area contributed by atoms with Crippen LogP contribution in [0.15, 0.2) is 5.16 Å². The van der Waals surface area contributed by atoms with Gasteiger partial charge in [0.05, 0.1) is 5.92 Å². The van der Waals surface area contributed by atoms with Crippen LogP contribution in [-0.4, -0.2) is 63.5 Å². The number of rotatable bonds is 8. The first-order chi connectivity index (χ1) is 13.8. The minimum Gasteiger partial charge on any atom is -0.356 e. The van der Waals surface area contributed by atoms with Gasteiger partial charge >= 0.3 is 6.18 Å². The molecule has 1 aromatic rings. The number of aryl methyl sites for hydroxylation is 1. The molecule has 29 heavy (non-hydrogen) atoms. The van der Waals surface area contributed by atoms with E-state index in [-0.39, 0.29) is 18.9 Å². The predicted molar refractivity (Wildman–Crippen MR) is 101 cm³/mol. The third-order valence-electron chi connectivity index (χ3n) is 5.44. The summed E-state index contributed by atoms with van der Waals surface area (Å²) in [6, 6.07) is 0.432. The SMILES string of the molecule is CSc1nnc(CCCNC(=O)C2CC(=O)N(CC(F)(F)F)C2)n1C1CCCC1. The Labute approximate surface area is 171 Å².